The van der Waals surface area contributed by atoms with Crippen LogP contribution < -0.4 is 10.6 Å². The molecule has 2 atom stereocenters. The average molecular weight is 379 g/mol. The first-order chi connectivity index (χ1) is 10.5. The Bertz CT molecular complexity index is 626. The molecular weight excluding hydrogens is 361 g/mol. The number of nitrogens with zero attached hydrogens (tertiary/aromatic N) is 2. The van der Waals surface area contributed by atoms with E-state index in [1.807, 2.05) is 0 Å². The number of halogens is 3. The largest absolute Gasteiger partial charge is 0.340 e. The summed E-state index contributed by atoms with van der Waals surface area (Å²) in [4.78, 5) is 28.3. The van der Waals surface area contributed by atoms with Gasteiger partial charge in [-0.2, -0.15) is 0 Å². The van der Waals surface area contributed by atoms with Crippen molar-refractivity contribution in [2.45, 2.75) is 18.9 Å². The molecule has 126 valence electrons. The minimum Gasteiger partial charge on any atom is -0.340 e. The fourth-order valence-corrected chi connectivity index (χ4v) is 3.32. The van der Waals surface area contributed by atoms with E-state index in [0.29, 0.717) is 41.8 Å². The Morgan fingerprint density at radius 1 is 1.17 bits per heavy atom. The topological polar surface area (TPSA) is 66.6 Å². The minimum absolute atomic E-state index is 0. The maximum absolute atomic E-state index is 12.6. The van der Waals surface area contributed by atoms with Crippen molar-refractivity contribution in [2.24, 2.45) is 11.7 Å². The van der Waals surface area contributed by atoms with E-state index in [0.717, 1.165) is 6.42 Å². The predicted octanol–water partition coefficient (Wildman–Crippen LogP) is 2.33. The number of hydrogen-bond donors (Lipinski definition) is 1. The Morgan fingerprint density at radius 3 is 2.52 bits per heavy atom. The Labute approximate surface area is 151 Å². The van der Waals surface area contributed by atoms with E-state index in [-0.39, 0.29) is 30.3 Å². The summed E-state index contributed by atoms with van der Waals surface area (Å²) in [5.74, 6) is -0.899. The van der Waals surface area contributed by atoms with Gasteiger partial charge < -0.3 is 15.5 Å². The van der Waals surface area contributed by atoms with Gasteiger partial charge in [-0.3, -0.25) is 9.59 Å². The number of rotatable bonds is 2. The second-order valence-corrected chi connectivity index (χ2v) is 6.58. The highest BCUT2D eigenvalue weighted by molar-refractivity contribution is 6.42. The average Bonchev–Trinajstić information content (AvgIpc) is 3.08. The standard InChI is InChI=1S/C15H17Cl2N3O2.ClH/c16-12-2-1-10(7-13(12)17)20-6-4-11(15(20)22)14(21)19-5-3-9(18)8-19;/h1-2,7,9,11H,3-6,8,18H2;1H/t9-,11?;/m1./s1. The molecule has 1 unspecified atom stereocenters. The highest BCUT2D eigenvalue weighted by Gasteiger charge is 2.41. The van der Waals surface area contributed by atoms with E-state index in [2.05, 4.69) is 0 Å². The van der Waals surface area contributed by atoms with Crippen LogP contribution >= 0.6 is 35.6 Å². The summed E-state index contributed by atoms with van der Waals surface area (Å²) < 4.78 is 0. The third-order valence-electron chi connectivity index (χ3n) is 4.25. The van der Waals surface area contributed by atoms with Crippen molar-refractivity contribution in [3.8, 4) is 0 Å². The van der Waals surface area contributed by atoms with Gasteiger partial charge in [0.15, 0.2) is 0 Å². The molecule has 2 fully saturated rings. The zero-order chi connectivity index (χ0) is 15.9. The summed E-state index contributed by atoms with van der Waals surface area (Å²) in [5.41, 5.74) is 6.50. The van der Waals surface area contributed by atoms with Crippen LogP contribution in [0.5, 0.6) is 0 Å². The SMILES string of the molecule is Cl.N[C@@H]1CCN(C(=O)C2CCN(c3ccc(Cl)c(Cl)c3)C2=O)C1. The summed E-state index contributed by atoms with van der Waals surface area (Å²) in [6.45, 7) is 1.68. The maximum Gasteiger partial charge on any atom is 0.239 e. The summed E-state index contributed by atoms with van der Waals surface area (Å²) >= 11 is 11.9. The first-order valence-corrected chi connectivity index (χ1v) is 8.04. The molecule has 0 radical (unpaired) electrons. The van der Waals surface area contributed by atoms with Crippen LogP contribution in [0.15, 0.2) is 18.2 Å². The third-order valence-corrected chi connectivity index (χ3v) is 4.99. The van der Waals surface area contributed by atoms with E-state index < -0.39 is 5.92 Å². The van der Waals surface area contributed by atoms with Gasteiger partial charge in [0.25, 0.3) is 0 Å². The van der Waals surface area contributed by atoms with Crippen LogP contribution in [-0.4, -0.2) is 42.4 Å². The van der Waals surface area contributed by atoms with Gasteiger partial charge in [-0.25, -0.2) is 0 Å². The van der Waals surface area contributed by atoms with Crippen molar-refractivity contribution in [1.82, 2.24) is 4.90 Å². The number of carbonyl (C=O) groups excluding carboxylic acids is 2. The van der Waals surface area contributed by atoms with Crippen molar-refractivity contribution in [3.05, 3.63) is 28.2 Å². The zero-order valence-corrected chi connectivity index (χ0v) is 14.7. The van der Waals surface area contributed by atoms with Crippen molar-refractivity contribution in [1.29, 1.82) is 0 Å². The van der Waals surface area contributed by atoms with Crippen molar-refractivity contribution in [3.63, 3.8) is 0 Å². The Kier molecular flexibility index (Phi) is 5.79. The van der Waals surface area contributed by atoms with Crippen LogP contribution in [0.25, 0.3) is 0 Å². The number of benzene rings is 1. The van der Waals surface area contributed by atoms with E-state index >= 15 is 0 Å². The Hall–Kier alpha value is -1.01. The number of carbonyl (C=O) groups is 2. The van der Waals surface area contributed by atoms with Gasteiger partial charge in [0.2, 0.25) is 11.8 Å². The van der Waals surface area contributed by atoms with E-state index in [4.69, 9.17) is 28.9 Å². The van der Waals surface area contributed by atoms with E-state index in [9.17, 15) is 9.59 Å². The van der Waals surface area contributed by atoms with Crippen LogP contribution in [0.2, 0.25) is 10.0 Å². The van der Waals surface area contributed by atoms with Gasteiger partial charge in [-0.1, -0.05) is 23.2 Å². The molecule has 3 rings (SSSR count). The summed E-state index contributed by atoms with van der Waals surface area (Å²) in [6.07, 6.45) is 1.31. The Balaban J connectivity index is 0.00000192. The fraction of sp³-hybridized carbons (Fsp3) is 0.467. The van der Waals surface area contributed by atoms with Crippen LogP contribution in [0.1, 0.15) is 12.8 Å². The number of anilines is 1. The van der Waals surface area contributed by atoms with Gasteiger partial charge in [-0.15, -0.1) is 12.4 Å². The van der Waals surface area contributed by atoms with Gasteiger partial charge in [0.05, 0.1) is 10.0 Å². The first-order valence-electron chi connectivity index (χ1n) is 7.28. The molecule has 2 amide bonds. The van der Waals surface area contributed by atoms with Gasteiger partial charge in [-0.05, 0) is 31.0 Å². The maximum atomic E-state index is 12.6. The van der Waals surface area contributed by atoms with E-state index in [1.54, 1.807) is 28.0 Å². The predicted molar refractivity (Wildman–Crippen MR) is 93.3 cm³/mol. The number of nitrogens with two attached hydrogens (primary N) is 1. The lowest BCUT2D eigenvalue weighted by Gasteiger charge is -2.20. The summed E-state index contributed by atoms with van der Waals surface area (Å²) in [6, 6.07) is 5.07. The van der Waals surface area contributed by atoms with Crippen molar-refractivity contribution >= 4 is 53.1 Å². The molecular formula is C15H18Cl3N3O2. The highest BCUT2D eigenvalue weighted by atomic mass is 35.5. The lowest BCUT2D eigenvalue weighted by molar-refractivity contribution is -0.139. The number of likely N-dealkylation sites (tertiary alicyclic amines) is 1. The normalized spacial score (nSPS) is 24.0. The molecule has 2 aliphatic heterocycles. The number of hydrogen-bond acceptors (Lipinski definition) is 3. The molecule has 0 bridgehead atoms. The molecule has 2 saturated heterocycles. The molecule has 0 saturated carbocycles. The second kappa shape index (κ2) is 7.26. The molecule has 2 heterocycles. The second-order valence-electron chi connectivity index (χ2n) is 5.76. The van der Waals surface area contributed by atoms with Crippen LogP contribution in [0.4, 0.5) is 5.69 Å². The lowest BCUT2D eigenvalue weighted by atomic mass is 10.1. The lowest BCUT2D eigenvalue weighted by Crippen LogP contribution is -2.40. The third kappa shape index (κ3) is 3.58. The Morgan fingerprint density at radius 2 is 1.91 bits per heavy atom. The molecule has 0 aliphatic carbocycles. The quantitative estimate of drug-likeness (QED) is 0.803. The molecule has 8 heteroatoms. The van der Waals surface area contributed by atoms with E-state index in [1.165, 1.54) is 0 Å². The molecule has 2 aliphatic rings. The van der Waals surface area contributed by atoms with Gasteiger partial charge in [0, 0.05) is 31.4 Å². The molecule has 0 spiro atoms. The van der Waals surface area contributed by atoms with Gasteiger partial charge >= 0.3 is 0 Å². The smallest absolute Gasteiger partial charge is 0.239 e. The summed E-state index contributed by atoms with van der Waals surface area (Å²) in [7, 11) is 0. The monoisotopic (exact) mass is 377 g/mol. The fourth-order valence-electron chi connectivity index (χ4n) is 3.03. The van der Waals surface area contributed by atoms with Crippen LogP contribution in [0, 0.1) is 5.92 Å². The molecule has 1 aromatic rings. The minimum atomic E-state index is -0.611. The molecule has 0 aromatic heterocycles. The highest BCUT2D eigenvalue weighted by Crippen LogP contribution is 2.32. The number of amides is 2. The summed E-state index contributed by atoms with van der Waals surface area (Å²) in [5, 5.41) is 0.836. The van der Waals surface area contributed by atoms with Crippen molar-refractivity contribution < 1.29 is 9.59 Å². The van der Waals surface area contributed by atoms with Crippen molar-refractivity contribution in [2.75, 3.05) is 24.5 Å². The molecule has 23 heavy (non-hydrogen) atoms. The molecule has 5 nitrogen and oxygen atoms in total. The first kappa shape index (κ1) is 18.3. The molecule has 2 N–H and O–H groups in total. The van der Waals surface area contributed by atoms with Crippen LogP contribution in [0.3, 0.4) is 0 Å². The van der Waals surface area contributed by atoms with Gasteiger partial charge in [0.1, 0.15) is 5.92 Å². The molecule has 1 aromatic carbocycles. The van der Waals surface area contributed by atoms with Crippen LogP contribution in [-0.2, 0) is 9.59 Å². The zero-order valence-electron chi connectivity index (χ0n) is 12.4.